The molecular formula is C7H8N4O. The largest absolute Gasteiger partial charge is 0.437 e. The van der Waals surface area contributed by atoms with Crippen molar-refractivity contribution in [3.63, 3.8) is 0 Å². The molecule has 0 aliphatic rings. The van der Waals surface area contributed by atoms with Crippen LogP contribution in [0.4, 0.5) is 0 Å². The van der Waals surface area contributed by atoms with E-state index in [9.17, 15) is 0 Å². The minimum Gasteiger partial charge on any atom is -0.437 e. The Morgan fingerprint density at radius 3 is 3.00 bits per heavy atom. The van der Waals surface area contributed by atoms with Crippen LogP contribution in [0.1, 0.15) is 12.8 Å². The van der Waals surface area contributed by atoms with Gasteiger partial charge in [0.15, 0.2) is 17.5 Å². The van der Waals surface area contributed by atoms with E-state index in [-0.39, 0.29) is 0 Å². The Labute approximate surface area is 68.8 Å². The summed E-state index contributed by atoms with van der Waals surface area (Å²) >= 11 is 0. The maximum atomic E-state index is 5.33. The molecular weight excluding hydrogens is 156 g/mol. The number of aromatic nitrogens is 4. The maximum absolute atomic E-state index is 5.33. The van der Waals surface area contributed by atoms with Gasteiger partial charge in [-0.05, 0) is 0 Å². The molecule has 0 aromatic carbocycles. The molecule has 0 aliphatic carbocycles. The number of nitrogens with one attached hydrogen (secondary N) is 1. The number of hydrogen-bond donors (Lipinski definition) is 1. The second-order valence-electron chi connectivity index (χ2n) is 2.31. The molecule has 5 heteroatoms. The van der Waals surface area contributed by atoms with Crippen molar-refractivity contribution in [3.8, 4) is 11.6 Å². The molecule has 0 fully saturated rings. The Morgan fingerprint density at radius 1 is 1.50 bits per heavy atom. The van der Waals surface area contributed by atoms with E-state index >= 15 is 0 Å². The molecule has 12 heavy (non-hydrogen) atoms. The highest BCUT2D eigenvalue weighted by molar-refractivity contribution is 5.43. The second kappa shape index (κ2) is 2.77. The van der Waals surface area contributed by atoms with Crippen LogP contribution in [0.2, 0.25) is 0 Å². The predicted molar refractivity (Wildman–Crippen MR) is 41.3 cm³/mol. The third-order valence-electron chi connectivity index (χ3n) is 1.50. The van der Waals surface area contributed by atoms with Crippen molar-refractivity contribution in [1.29, 1.82) is 0 Å². The van der Waals surface area contributed by atoms with Crippen molar-refractivity contribution in [2.24, 2.45) is 0 Å². The average molecular weight is 164 g/mol. The molecule has 2 aromatic rings. The molecule has 0 atom stereocenters. The van der Waals surface area contributed by atoms with Crippen LogP contribution >= 0.6 is 0 Å². The standard InChI is InChI=1S/C7H8N4O/c1-2-6-8-3-5(12-6)7-9-4-10-11-7/h3-4H,2H2,1H3,(H,9,10,11). The highest BCUT2D eigenvalue weighted by atomic mass is 16.4. The minimum absolute atomic E-state index is 0.613. The molecule has 0 amide bonds. The molecule has 0 saturated carbocycles. The molecule has 1 N–H and O–H groups in total. The van der Waals surface area contributed by atoms with Crippen molar-refractivity contribution >= 4 is 0 Å². The Hall–Kier alpha value is -1.65. The number of rotatable bonds is 2. The van der Waals surface area contributed by atoms with Crippen molar-refractivity contribution in [3.05, 3.63) is 18.4 Å². The first-order valence-electron chi connectivity index (χ1n) is 3.70. The quantitative estimate of drug-likeness (QED) is 0.719. The van der Waals surface area contributed by atoms with Gasteiger partial charge < -0.3 is 4.42 Å². The Morgan fingerprint density at radius 2 is 2.42 bits per heavy atom. The van der Waals surface area contributed by atoms with Gasteiger partial charge in [0.05, 0.1) is 6.20 Å². The Kier molecular flexibility index (Phi) is 1.62. The van der Waals surface area contributed by atoms with Gasteiger partial charge in [-0.1, -0.05) is 6.92 Å². The number of H-pyrrole nitrogens is 1. The first-order valence-corrected chi connectivity index (χ1v) is 3.70. The topological polar surface area (TPSA) is 67.6 Å². The van der Waals surface area contributed by atoms with Crippen LogP contribution in [0.15, 0.2) is 16.9 Å². The summed E-state index contributed by atoms with van der Waals surface area (Å²) in [6, 6.07) is 0. The van der Waals surface area contributed by atoms with E-state index in [1.807, 2.05) is 6.92 Å². The number of hydrogen-bond acceptors (Lipinski definition) is 4. The van der Waals surface area contributed by atoms with Gasteiger partial charge in [0, 0.05) is 6.42 Å². The Balaban J connectivity index is 2.35. The van der Waals surface area contributed by atoms with E-state index in [4.69, 9.17) is 4.42 Å². The molecule has 0 unspecified atom stereocenters. The Bertz CT molecular complexity index is 351. The molecule has 0 radical (unpaired) electrons. The maximum Gasteiger partial charge on any atom is 0.194 e. The van der Waals surface area contributed by atoms with E-state index in [0.717, 1.165) is 6.42 Å². The lowest BCUT2D eigenvalue weighted by molar-refractivity contribution is 0.511. The highest BCUT2D eigenvalue weighted by Gasteiger charge is 2.06. The predicted octanol–water partition coefficient (Wildman–Crippen LogP) is 1.02. The highest BCUT2D eigenvalue weighted by Crippen LogP contribution is 2.14. The van der Waals surface area contributed by atoms with E-state index in [1.54, 1.807) is 6.20 Å². The molecule has 0 spiro atoms. The van der Waals surface area contributed by atoms with Crippen molar-refractivity contribution in [2.45, 2.75) is 13.3 Å². The molecule has 2 heterocycles. The van der Waals surface area contributed by atoms with Gasteiger partial charge in [-0.3, -0.25) is 5.10 Å². The summed E-state index contributed by atoms with van der Waals surface area (Å²) in [7, 11) is 0. The lowest BCUT2D eigenvalue weighted by Crippen LogP contribution is -1.76. The zero-order valence-electron chi connectivity index (χ0n) is 6.61. The second-order valence-corrected chi connectivity index (χ2v) is 2.31. The molecule has 0 bridgehead atoms. The van der Waals surface area contributed by atoms with Gasteiger partial charge in [0.1, 0.15) is 6.33 Å². The number of aromatic amines is 1. The van der Waals surface area contributed by atoms with E-state index in [2.05, 4.69) is 20.2 Å². The fourth-order valence-corrected chi connectivity index (χ4v) is 0.907. The number of oxazole rings is 1. The van der Waals surface area contributed by atoms with Gasteiger partial charge in [0.2, 0.25) is 0 Å². The zero-order valence-corrected chi connectivity index (χ0v) is 6.61. The smallest absolute Gasteiger partial charge is 0.194 e. The van der Waals surface area contributed by atoms with Crippen LogP contribution in [-0.4, -0.2) is 20.2 Å². The lowest BCUT2D eigenvalue weighted by Gasteiger charge is -1.85. The molecule has 0 saturated heterocycles. The molecule has 2 aromatic heterocycles. The number of nitrogens with zero attached hydrogens (tertiary/aromatic N) is 3. The van der Waals surface area contributed by atoms with Crippen LogP contribution < -0.4 is 0 Å². The first kappa shape index (κ1) is 7.02. The SMILES string of the molecule is CCc1ncc(-c2ncn[nH]2)o1. The van der Waals surface area contributed by atoms with Gasteiger partial charge in [-0.2, -0.15) is 5.10 Å². The third kappa shape index (κ3) is 1.09. The van der Waals surface area contributed by atoms with Crippen LogP contribution in [0.3, 0.4) is 0 Å². The lowest BCUT2D eigenvalue weighted by atomic mass is 10.5. The summed E-state index contributed by atoms with van der Waals surface area (Å²) in [5.41, 5.74) is 0. The third-order valence-corrected chi connectivity index (χ3v) is 1.50. The number of aryl methyl sites for hydroxylation is 1. The van der Waals surface area contributed by atoms with Crippen LogP contribution in [-0.2, 0) is 6.42 Å². The van der Waals surface area contributed by atoms with Gasteiger partial charge in [-0.25, -0.2) is 9.97 Å². The summed E-state index contributed by atoms with van der Waals surface area (Å²) in [6.07, 6.45) is 3.86. The summed E-state index contributed by atoms with van der Waals surface area (Å²) in [6.45, 7) is 1.98. The monoisotopic (exact) mass is 164 g/mol. The van der Waals surface area contributed by atoms with Gasteiger partial charge in [0.25, 0.3) is 0 Å². The van der Waals surface area contributed by atoms with Crippen LogP contribution in [0, 0.1) is 0 Å². The van der Waals surface area contributed by atoms with Crippen molar-refractivity contribution in [2.75, 3.05) is 0 Å². The van der Waals surface area contributed by atoms with Gasteiger partial charge in [-0.15, -0.1) is 0 Å². The first-order chi connectivity index (χ1) is 5.90. The summed E-state index contributed by atoms with van der Waals surface area (Å²) in [5, 5.41) is 6.41. The van der Waals surface area contributed by atoms with Crippen molar-refractivity contribution in [1.82, 2.24) is 20.2 Å². The fourth-order valence-electron chi connectivity index (χ4n) is 0.907. The van der Waals surface area contributed by atoms with Crippen LogP contribution in [0.5, 0.6) is 0 Å². The van der Waals surface area contributed by atoms with E-state index < -0.39 is 0 Å². The minimum atomic E-state index is 0.613. The summed E-state index contributed by atoms with van der Waals surface area (Å²) < 4.78 is 5.33. The summed E-state index contributed by atoms with van der Waals surface area (Å²) in [4.78, 5) is 7.97. The molecule has 62 valence electrons. The van der Waals surface area contributed by atoms with Crippen LogP contribution in [0.25, 0.3) is 11.6 Å². The van der Waals surface area contributed by atoms with Gasteiger partial charge >= 0.3 is 0 Å². The normalized spacial score (nSPS) is 10.4. The van der Waals surface area contributed by atoms with E-state index in [0.29, 0.717) is 17.5 Å². The fraction of sp³-hybridized carbons (Fsp3) is 0.286. The molecule has 5 nitrogen and oxygen atoms in total. The van der Waals surface area contributed by atoms with E-state index in [1.165, 1.54) is 6.33 Å². The molecule has 2 rings (SSSR count). The summed E-state index contributed by atoms with van der Waals surface area (Å²) in [5.74, 6) is 1.95. The van der Waals surface area contributed by atoms with Crippen molar-refractivity contribution < 1.29 is 4.42 Å². The average Bonchev–Trinajstić information content (AvgIpc) is 2.75. The molecule has 0 aliphatic heterocycles. The zero-order chi connectivity index (χ0) is 8.39.